The molecule has 0 radical (unpaired) electrons. The molecule has 4 heteroatoms. The van der Waals surface area contributed by atoms with E-state index in [0.29, 0.717) is 11.8 Å². The van der Waals surface area contributed by atoms with Crippen molar-refractivity contribution in [3.05, 3.63) is 35.9 Å². The number of alkyl halides is 1. The monoisotopic (exact) mass is 303 g/mol. The summed E-state index contributed by atoms with van der Waals surface area (Å²) >= 11 is 6.13. The number of nitrogens with zero attached hydrogens (tertiary/aromatic N) is 1. The van der Waals surface area contributed by atoms with Gasteiger partial charge in [-0.15, -0.1) is 11.6 Å². The van der Waals surface area contributed by atoms with Crippen LogP contribution in [0, 0.1) is 0 Å². The molecule has 3 rings (SSSR count). The van der Waals surface area contributed by atoms with Crippen molar-refractivity contribution in [3.8, 4) is 0 Å². The predicted octanol–water partition coefficient (Wildman–Crippen LogP) is 3.56. The zero-order valence-electron chi connectivity index (χ0n) is 12.6. The summed E-state index contributed by atoms with van der Waals surface area (Å²) in [5.41, 5.74) is 3.80. The molecular weight excluding hydrogens is 282 g/mol. The van der Waals surface area contributed by atoms with Crippen LogP contribution in [-0.4, -0.2) is 44.5 Å². The molecule has 112 valence electrons. The van der Waals surface area contributed by atoms with Crippen molar-refractivity contribution in [2.24, 2.45) is 0 Å². The van der Waals surface area contributed by atoms with Crippen molar-refractivity contribution in [1.82, 2.24) is 4.90 Å². The number of anilines is 2. The smallest absolute Gasteiger partial charge is 0.0441 e. The number of likely N-dealkylation sites (N-methyl/N-ethyl adjacent to an activating group) is 1. The number of benzene rings is 2. The molecule has 2 aromatic carbocycles. The first-order valence-electron chi connectivity index (χ1n) is 7.44. The third kappa shape index (κ3) is 2.81. The van der Waals surface area contributed by atoms with E-state index in [1.165, 1.54) is 27.7 Å². The average Bonchev–Trinajstić information content (AvgIpc) is 2.90. The highest BCUT2D eigenvalue weighted by Crippen LogP contribution is 2.41. The van der Waals surface area contributed by atoms with E-state index in [-0.39, 0.29) is 0 Å². The summed E-state index contributed by atoms with van der Waals surface area (Å²) in [4.78, 5) is 2.18. The Labute approximate surface area is 131 Å². The van der Waals surface area contributed by atoms with Crippen molar-refractivity contribution in [2.45, 2.75) is 5.92 Å². The number of halogens is 1. The van der Waals surface area contributed by atoms with Crippen LogP contribution in [0.4, 0.5) is 11.4 Å². The Balaban J connectivity index is 2.01. The van der Waals surface area contributed by atoms with Crippen LogP contribution in [0.3, 0.4) is 0 Å². The lowest BCUT2D eigenvalue weighted by Crippen LogP contribution is -2.20. The highest BCUT2D eigenvalue weighted by atomic mass is 35.5. The largest absolute Gasteiger partial charge is 0.384 e. The molecule has 0 aromatic heterocycles. The zero-order chi connectivity index (χ0) is 14.8. The fraction of sp³-hybridized carbons (Fsp3) is 0.412. The lowest BCUT2D eigenvalue weighted by Gasteiger charge is -2.16. The van der Waals surface area contributed by atoms with E-state index in [4.69, 9.17) is 11.6 Å². The van der Waals surface area contributed by atoms with Crippen molar-refractivity contribution in [2.75, 3.05) is 50.2 Å². The van der Waals surface area contributed by atoms with Crippen LogP contribution in [-0.2, 0) is 0 Å². The number of rotatable bonds is 5. The van der Waals surface area contributed by atoms with Gasteiger partial charge < -0.3 is 15.5 Å². The summed E-state index contributed by atoms with van der Waals surface area (Å²) < 4.78 is 0. The Kier molecular flexibility index (Phi) is 4.22. The van der Waals surface area contributed by atoms with Gasteiger partial charge in [-0.2, -0.15) is 0 Å². The van der Waals surface area contributed by atoms with Crippen LogP contribution in [0.1, 0.15) is 11.5 Å². The van der Waals surface area contributed by atoms with Gasteiger partial charge in [0.1, 0.15) is 0 Å². The highest BCUT2D eigenvalue weighted by Gasteiger charge is 2.24. The average molecular weight is 304 g/mol. The fourth-order valence-corrected chi connectivity index (χ4v) is 3.27. The van der Waals surface area contributed by atoms with Gasteiger partial charge in [-0.25, -0.2) is 0 Å². The van der Waals surface area contributed by atoms with Gasteiger partial charge in [-0.1, -0.05) is 24.3 Å². The Hall–Kier alpha value is -1.45. The van der Waals surface area contributed by atoms with Crippen LogP contribution < -0.4 is 10.6 Å². The van der Waals surface area contributed by atoms with Crippen molar-refractivity contribution in [1.29, 1.82) is 0 Å². The van der Waals surface area contributed by atoms with Gasteiger partial charge in [-0.05, 0) is 31.1 Å². The molecule has 1 aliphatic heterocycles. The van der Waals surface area contributed by atoms with E-state index in [1.807, 2.05) is 0 Å². The third-order valence-corrected chi connectivity index (χ3v) is 4.47. The lowest BCUT2D eigenvalue weighted by molar-refractivity contribution is 0.425. The highest BCUT2D eigenvalue weighted by molar-refractivity contribution is 6.19. The second-order valence-electron chi connectivity index (χ2n) is 5.89. The number of fused-ring (bicyclic) bond motifs is 3. The quantitative estimate of drug-likeness (QED) is 0.827. The number of nitrogens with one attached hydrogen (secondary N) is 2. The van der Waals surface area contributed by atoms with Crippen molar-refractivity contribution >= 4 is 33.7 Å². The summed E-state index contributed by atoms with van der Waals surface area (Å²) in [5.74, 6) is 1.07. The molecule has 21 heavy (non-hydrogen) atoms. The first kappa shape index (κ1) is 14.5. The number of hydrogen-bond donors (Lipinski definition) is 2. The molecule has 1 heterocycles. The van der Waals surface area contributed by atoms with Gasteiger partial charge in [-0.3, -0.25) is 0 Å². The second-order valence-corrected chi connectivity index (χ2v) is 6.20. The van der Waals surface area contributed by atoms with Crippen LogP contribution in [0.25, 0.3) is 10.8 Å². The minimum Gasteiger partial charge on any atom is -0.384 e. The molecule has 2 aromatic rings. The summed E-state index contributed by atoms with van der Waals surface area (Å²) in [7, 11) is 4.18. The van der Waals surface area contributed by atoms with Crippen LogP contribution in [0.2, 0.25) is 0 Å². The zero-order valence-corrected chi connectivity index (χ0v) is 13.4. The van der Waals surface area contributed by atoms with Gasteiger partial charge in [0.05, 0.1) is 0 Å². The molecular formula is C17H22ClN3. The van der Waals surface area contributed by atoms with E-state index in [9.17, 15) is 0 Å². The first-order chi connectivity index (χ1) is 10.2. The summed E-state index contributed by atoms with van der Waals surface area (Å²) in [6, 6.07) is 10.8. The minimum atomic E-state index is 0.405. The summed E-state index contributed by atoms with van der Waals surface area (Å²) in [6.07, 6.45) is 0. The molecule has 1 aliphatic rings. The van der Waals surface area contributed by atoms with Crippen molar-refractivity contribution < 1.29 is 0 Å². The lowest BCUT2D eigenvalue weighted by atomic mass is 9.95. The van der Waals surface area contributed by atoms with Gasteiger partial charge in [0.25, 0.3) is 0 Å². The predicted molar refractivity (Wildman–Crippen MR) is 92.9 cm³/mol. The van der Waals surface area contributed by atoms with E-state index in [1.54, 1.807) is 0 Å². The Bertz CT molecular complexity index is 639. The molecule has 0 bridgehead atoms. The summed E-state index contributed by atoms with van der Waals surface area (Å²) in [5, 5.41) is 9.67. The molecule has 0 saturated heterocycles. The fourth-order valence-electron chi connectivity index (χ4n) is 3.01. The van der Waals surface area contributed by atoms with Crippen LogP contribution >= 0.6 is 11.6 Å². The maximum Gasteiger partial charge on any atom is 0.0441 e. The first-order valence-corrected chi connectivity index (χ1v) is 7.98. The molecule has 0 fully saturated rings. The van der Waals surface area contributed by atoms with Gasteiger partial charge in [0, 0.05) is 48.2 Å². The SMILES string of the molecule is CN(C)CCNc1cc2c(c3ccccc13)C(CCl)CN2. The third-order valence-electron chi connectivity index (χ3n) is 4.09. The molecule has 0 saturated carbocycles. The van der Waals surface area contributed by atoms with Gasteiger partial charge >= 0.3 is 0 Å². The molecule has 2 N–H and O–H groups in total. The summed E-state index contributed by atoms with van der Waals surface area (Å²) in [6.45, 7) is 2.89. The Morgan fingerprint density at radius 3 is 2.76 bits per heavy atom. The normalized spacial score (nSPS) is 17.0. The van der Waals surface area contributed by atoms with Crippen LogP contribution in [0.15, 0.2) is 30.3 Å². The van der Waals surface area contributed by atoms with E-state index >= 15 is 0 Å². The molecule has 1 atom stereocenters. The minimum absolute atomic E-state index is 0.405. The van der Waals surface area contributed by atoms with Crippen molar-refractivity contribution in [3.63, 3.8) is 0 Å². The van der Waals surface area contributed by atoms with Gasteiger partial charge in [0.2, 0.25) is 0 Å². The van der Waals surface area contributed by atoms with Crippen LogP contribution in [0.5, 0.6) is 0 Å². The van der Waals surface area contributed by atoms with E-state index < -0.39 is 0 Å². The Morgan fingerprint density at radius 1 is 1.29 bits per heavy atom. The van der Waals surface area contributed by atoms with Gasteiger partial charge in [0.15, 0.2) is 0 Å². The molecule has 0 spiro atoms. The standard InChI is InChI=1S/C17H22ClN3/c1-21(2)8-7-19-15-9-16-17(12(10-18)11-20-16)14-6-4-3-5-13(14)15/h3-6,9,12,19-20H,7-8,10-11H2,1-2H3. The molecule has 0 aliphatic carbocycles. The maximum atomic E-state index is 6.13. The maximum absolute atomic E-state index is 6.13. The molecule has 0 amide bonds. The Morgan fingerprint density at radius 2 is 2.05 bits per heavy atom. The second kappa shape index (κ2) is 6.12. The van der Waals surface area contributed by atoms with E-state index in [0.717, 1.165) is 19.6 Å². The van der Waals surface area contributed by atoms with E-state index in [2.05, 4.69) is 60.0 Å². The number of hydrogen-bond acceptors (Lipinski definition) is 3. The topological polar surface area (TPSA) is 27.3 Å². The molecule has 3 nitrogen and oxygen atoms in total. The molecule has 1 unspecified atom stereocenters.